The Bertz CT molecular complexity index is 1440. The average Bonchev–Trinajstić information content (AvgIpc) is 3.25. The van der Waals surface area contributed by atoms with E-state index in [1.165, 1.54) is 0 Å². The van der Waals surface area contributed by atoms with Crippen molar-refractivity contribution in [2.45, 2.75) is 0 Å². The summed E-state index contributed by atoms with van der Waals surface area (Å²) < 4.78 is 2.49. The second-order valence-electron chi connectivity index (χ2n) is 6.90. The molecule has 0 unspecified atom stereocenters. The fourth-order valence-corrected chi connectivity index (χ4v) is 3.78. The van der Waals surface area contributed by atoms with Crippen molar-refractivity contribution in [3.8, 4) is 22.6 Å². The summed E-state index contributed by atoms with van der Waals surface area (Å²) in [5.74, 6) is 0.356. The highest BCUT2D eigenvalue weighted by atomic mass is 79.9. The van der Waals surface area contributed by atoms with E-state index in [-0.39, 0.29) is 5.91 Å². The van der Waals surface area contributed by atoms with E-state index in [2.05, 4.69) is 36.4 Å². The standard InChI is InChI=1S/C23H14BrClN6O/c24-16-3-6-19(25)18(13-16)23(32)27-17-4-1-14(2-5-17)20-7-8-21-28-29-22(31(21)30-20)15-9-11-26-12-10-15/h1-13H,(H,27,32). The monoisotopic (exact) mass is 504 g/mol. The second kappa shape index (κ2) is 8.49. The molecule has 7 nitrogen and oxygen atoms in total. The van der Waals surface area contributed by atoms with Crippen LogP contribution in [0.25, 0.3) is 28.3 Å². The zero-order valence-electron chi connectivity index (χ0n) is 16.4. The van der Waals surface area contributed by atoms with E-state index in [0.29, 0.717) is 27.7 Å². The number of aromatic nitrogens is 5. The van der Waals surface area contributed by atoms with E-state index in [9.17, 15) is 4.79 Å². The van der Waals surface area contributed by atoms with Crippen molar-refractivity contribution in [3.05, 3.63) is 94.2 Å². The number of hydrogen-bond donors (Lipinski definition) is 1. The van der Waals surface area contributed by atoms with E-state index in [4.69, 9.17) is 16.7 Å². The van der Waals surface area contributed by atoms with Gasteiger partial charge in [0.25, 0.3) is 5.91 Å². The summed E-state index contributed by atoms with van der Waals surface area (Å²) in [6.07, 6.45) is 3.41. The fraction of sp³-hybridized carbons (Fsp3) is 0. The smallest absolute Gasteiger partial charge is 0.257 e. The molecule has 0 saturated carbocycles. The zero-order chi connectivity index (χ0) is 22.1. The molecular weight excluding hydrogens is 492 g/mol. The molecule has 1 amide bonds. The number of hydrogen-bond acceptors (Lipinski definition) is 5. The Morgan fingerprint density at radius 2 is 1.69 bits per heavy atom. The van der Waals surface area contributed by atoms with Crippen LogP contribution in [0.3, 0.4) is 0 Å². The topological polar surface area (TPSA) is 85.1 Å². The maximum atomic E-state index is 12.6. The Balaban J connectivity index is 1.41. The number of benzene rings is 2. The molecule has 0 bridgehead atoms. The highest BCUT2D eigenvalue weighted by Gasteiger charge is 2.13. The molecule has 1 N–H and O–H groups in total. The van der Waals surface area contributed by atoms with Gasteiger partial charge in [0.15, 0.2) is 11.5 Å². The first-order chi connectivity index (χ1) is 15.6. The molecule has 0 aliphatic rings. The Labute approximate surface area is 196 Å². The van der Waals surface area contributed by atoms with Crippen LogP contribution in [0.5, 0.6) is 0 Å². The van der Waals surface area contributed by atoms with Gasteiger partial charge in [-0.25, -0.2) is 0 Å². The lowest BCUT2D eigenvalue weighted by molar-refractivity contribution is 0.102. The van der Waals surface area contributed by atoms with Crippen LogP contribution < -0.4 is 5.32 Å². The summed E-state index contributed by atoms with van der Waals surface area (Å²) in [7, 11) is 0. The molecule has 0 radical (unpaired) electrons. The lowest BCUT2D eigenvalue weighted by Crippen LogP contribution is -2.12. The summed E-state index contributed by atoms with van der Waals surface area (Å²) in [4.78, 5) is 16.6. The number of carbonyl (C=O) groups excluding carboxylic acids is 1. The number of pyridine rings is 1. The molecule has 0 fully saturated rings. The second-order valence-corrected chi connectivity index (χ2v) is 8.23. The van der Waals surface area contributed by atoms with Crippen molar-refractivity contribution in [2.24, 2.45) is 0 Å². The number of fused-ring (bicyclic) bond motifs is 1. The molecule has 0 atom stereocenters. The fourth-order valence-electron chi connectivity index (χ4n) is 3.22. The Morgan fingerprint density at radius 3 is 2.47 bits per heavy atom. The molecule has 156 valence electrons. The van der Waals surface area contributed by atoms with Crippen LogP contribution in [-0.2, 0) is 0 Å². The number of halogens is 2. The molecule has 0 saturated heterocycles. The molecule has 9 heteroatoms. The predicted octanol–water partition coefficient (Wildman–Crippen LogP) is 5.52. The lowest BCUT2D eigenvalue weighted by Gasteiger charge is -2.08. The quantitative estimate of drug-likeness (QED) is 0.347. The summed E-state index contributed by atoms with van der Waals surface area (Å²) in [5, 5.41) is 16.4. The van der Waals surface area contributed by atoms with E-state index >= 15 is 0 Å². The maximum absolute atomic E-state index is 12.6. The minimum atomic E-state index is -0.282. The van der Waals surface area contributed by atoms with Gasteiger partial charge in [-0.05, 0) is 54.6 Å². The number of nitrogens with zero attached hydrogens (tertiary/aromatic N) is 5. The van der Waals surface area contributed by atoms with Crippen molar-refractivity contribution in [1.29, 1.82) is 0 Å². The van der Waals surface area contributed by atoms with Gasteiger partial charge < -0.3 is 5.32 Å². The molecule has 0 aliphatic carbocycles. The molecule has 32 heavy (non-hydrogen) atoms. The van der Waals surface area contributed by atoms with Crippen molar-refractivity contribution < 1.29 is 4.79 Å². The average molecular weight is 506 g/mol. The van der Waals surface area contributed by atoms with Gasteiger partial charge in [0.2, 0.25) is 0 Å². The van der Waals surface area contributed by atoms with Crippen molar-refractivity contribution in [3.63, 3.8) is 0 Å². The maximum Gasteiger partial charge on any atom is 0.257 e. The number of rotatable bonds is 4. The van der Waals surface area contributed by atoms with E-state index in [1.807, 2.05) is 48.5 Å². The van der Waals surface area contributed by atoms with Crippen LogP contribution in [0.4, 0.5) is 5.69 Å². The predicted molar refractivity (Wildman–Crippen MR) is 127 cm³/mol. The van der Waals surface area contributed by atoms with E-state index < -0.39 is 0 Å². The molecule has 0 aliphatic heterocycles. The first kappa shape index (κ1) is 20.3. The molecule has 5 aromatic rings. The molecular formula is C23H14BrClN6O. The highest BCUT2D eigenvalue weighted by Crippen LogP contribution is 2.25. The molecule has 2 aromatic carbocycles. The van der Waals surface area contributed by atoms with Crippen LogP contribution in [0.1, 0.15) is 10.4 Å². The number of anilines is 1. The van der Waals surface area contributed by atoms with Gasteiger partial charge in [-0.3, -0.25) is 9.78 Å². The Morgan fingerprint density at radius 1 is 0.906 bits per heavy atom. The van der Waals surface area contributed by atoms with Crippen LogP contribution in [0.15, 0.2) is 83.6 Å². The first-order valence-corrected chi connectivity index (χ1v) is 10.8. The van der Waals surface area contributed by atoms with Gasteiger partial charge >= 0.3 is 0 Å². The van der Waals surface area contributed by atoms with Crippen LogP contribution in [-0.4, -0.2) is 30.7 Å². The highest BCUT2D eigenvalue weighted by molar-refractivity contribution is 9.10. The Hall–Kier alpha value is -3.62. The summed E-state index contributed by atoms with van der Waals surface area (Å²) in [5.41, 5.74) is 4.21. The van der Waals surface area contributed by atoms with E-state index in [0.717, 1.165) is 21.3 Å². The van der Waals surface area contributed by atoms with Gasteiger partial charge in [0.05, 0.1) is 16.3 Å². The summed E-state index contributed by atoms with van der Waals surface area (Å²) in [6, 6.07) is 20.0. The minimum absolute atomic E-state index is 0.282. The third kappa shape index (κ3) is 3.98. The van der Waals surface area contributed by atoms with E-state index in [1.54, 1.807) is 35.1 Å². The lowest BCUT2D eigenvalue weighted by atomic mass is 10.1. The number of nitrogens with one attached hydrogen (secondary N) is 1. The van der Waals surface area contributed by atoms with Crippen molar-refractivity contribution in [1.82, 2.24) is 24.8 Å². The van der Waals surface area contributed by atoms with Crippen molar-refractivity contribution in [2.75, 3.05) is 5.32 Å². The van der Waals surface area contributed by atoms with Gasteiger partial charge in [0, 0.05) is 33.7 Å². The number of carbonyl (C=O) groups is 1. The minimum Gasteiger partial charge on any atom is -0.322 e. The summed E-state index contributed by atoms with van der Waals surface area (Å²) >= 11 is 9.51. The zero-order valence-corrected chi connectivity index (χ0v) is 18.7. The molecule has 3 heterocycles. The van der Waals surface area contributed by atoms with Crippen LogP contribution >= 0.6 is 27.5 Å². The largest absolute Gasteiger partial charge is 0.322 e. The third-order valence-corrected chi connectivity index (χ3v) is 5.64. The first-order valence-electron chi connectivity index (χ1n) is 9.58. The molecule has 0 spiro atoms. The SMILES string of the molecule is O=C(Nc1ccc(-c2ccc3nnc(-c4ccncc4)n3n2)cc1)c1cc(Br)ccc1Cl. The van der Waals surface area contributed by atoms with Crippen LogP contribution in [0.2, 0.25) is 5.02 Å². The van der Waals surface area contributed by atoms with Gasteiger partial charge in [0.1, 0.15) is 0 Å². The van der Waals surface area contributed by atoms with Gasteiger partial charge in [-0.1, -0.05) is 39.7 Å². The van der Waals surface area contributed by atoms with Gasteiger partial charge in [-0.2, -0.15) is 9.61 Å². The third-order valence-electron chi connectivity index (χ3n) is 4.81. The summed E-state index contributed by atoms with van der Waals surface area (Å²) in [6.45, 7) is 0. The van der Waals surface area contributed by atoms with Crippen LogP contribution in [0, 0.1) is 0 Å². The normalized spacial score (nSPS) is 10.9. The van der Waals surface area contributed by atoms with Crippen molar-refractivity contribution >= 4 is 44.8 Å². The molecule has 5 rings (SSSR count). The number of amides is 1. The Kier molecular flexibility index (Phi) is 5.38. The van der Waals surface area contributed by atoms with Gasteiger partial charge in [-0.15, -0.1) is 10.2 Å². The molecule has 3 aromatic heterocycles.